The van der Waals surface area contributed by atoms with E-state index in [0.717, 1.165) is 31.6 Å². The van der Waals surface area contributed by atoms with Crippen LogP contribution in [0.25, 0.3) is 0 Å². The molecule has 1 aromatic heterocycles. The van der Waals surface area contributed by atoms with Crippen LogP contribution in [0.3, 0.4) is 0 Å². The van der Waals surface area contributed by atoms with E-state index in [0.29, 0.717) is 11.4 Å². The van der Waals surface area contributed by atoms with Crippen molar-refractivity contribution in [3.8, 4) is 0 Å². The fraction of sp³-hybridized carbons (Fsp3) is 0.400. The minimum Gasteiger partial charge on any atom is -0.340 e. The SMILES string of the molecule is CCCN(CCC)C(=O)c1ccnc(Nc2cc(C)cc(C)c2)c1. The Morgan fingerprint density at radius 1 is 1.04 bits per heavy atom. The Kier molecular flexibility index (Phi) is 6.36. The molecule has 2 rings (SSSR count). The van der Waals surface area contributed by atoms with E-state index in [-0.39, 0.29) is 5.91 Å². The Hall–Kier alpha value is -2.36. The minimum atomic E-state index is 0.0737. The number of amides is 1. The summed E-state index contributed by atoms with van der Waals surface area (Å²) in [6.07, 6.45) is 3.61. The number of carbonyl (C=O) groups is 1. The number of nitrogens with zero attached hydrogens (tertiary/aromatic N) is 2. The number of benzene rings is 1. The van der Waals surface area contributed by atoms with Gasteiger partial charge in [-0.15, -0.1) is 0 Å². The lowest BCUT2D eigenvalue weighted by Gasteiger charge is -2.21. The molecule has 0 aliphatic heterocycles. The molecule has 128 valence electrons. The molecule has 0 saturated heterocycles. The molecular formula is C20H27N3O. The van der Waals surface area contributed by atoms with E-state index in [1.807, 2.05) is 11.0 Å². The second-order valence-electron chi connectivity index (χ2n) is 6.22. The van der Waals surface area contributed by atoms with Crippen LogP contribution in [-0.2, 0) is 0 Å². The molecule has 0 saturated carbocycles. The molecule has 1 aromatic carbocycles. The number of hydrogen-bond donors (Lipinski definition) is 1. The Morgan fingerprint density at radius 2 is 1.67 bits per heavy atom. The van der Waals surface area contributed by atoms with Crippen molar-refractivity contribution < 1.29 is 4.79 Å². The van der Waals surface area contributed by atoms with E-state index in [4.69, 9.17) is 0 Å². The Bertz CT molecular complexity index is 671. The van der Waals surface area contributed by atoms with Crippen LogP contribution < -0.4 is 5.32 Å². The molecule has 0 bridgehead atoms. The van der Waals surface area contributed by atoms with Crippen molar-refractivity contribution in [2.45, 2.75) is 40.5 Å². The standard InChI is InChI=1S/C20H27N3O/c1-5-9-23(10-6-2)20(24)17-7-8-21-19(14-17)22-18-12-15(3)11-16(4)13-18/h7-8,11-14H,5-6,9-10H2,1-4H3,(H,21,22). The van der Waals surface area contributed by atoms with Gasteiger partial charge in [-0.05, 0) is 62.1 Å². The van der Waals surface area contributed by atoms with Crippen molar-refractivity contribution in [2.24, 2.45) is 0 Å². The molecule has 4 nitrogen and oxygen atoms in total. The first-order chi connectivity index (χ1) is 11.5. The van der Waals surface area contributed by atoms with E-state index in [2.05, 4.69) is 56.2 Å². The zero-order chi connectivity index (χ0) is 17.5. The van der Waals surface area contributed by atoms with Crippen molar-refractivity contribution in [1.82, 2.24) is 9.88 Å². The normalized spacial score (nSPS) is 10.5. The maximum Gasteiger partial charge on any atom is 0.254 e. The van der Waals surface area contributed by atoms with Crippen LogP contribution in [0.4, 0.5) is 11.5 Å². The van der Waals surface area contributed by atoms with Gasteiger partial charge in [0.1, 0.15) is 5.82 Å². The van der Waals surface area contributed by atoms with Gasteiger partial charge in [0.05, 0.1) is 0 Å². The van der Waals surface area contributed by atoms with E-state index in [1.54, 1.807) is 12.3 Å². The van der Waals surface area contributed by atoms with Gasteiger partial charge in [0.15, 0.2) is 0 Å². The van der Waals surface area contributed by atoms with Crippen molar-refractivity contribution in [3.05, 3.63) is 53.2 Å². The lowest BCUT2D eigenvalue weighted by molar-refractivity contribution is 0.0755. The summed E-state index contributed by atoms with van der Waals surface area (Å²) in [5.74, 6) is 0.767. The Morgan fingerprint density at radius 3 is 2.25 bits per heavy atom. The predicted octanol–water partition coefficient (Wildman–Crippen LogP) is 4.70. The lowest BCUT2D eigenvalue weighted by atomic mass is 10.1. The molecule has 2 aromatic rings. The fourth-order valence-electron chi connectivity index (χ4n) is 2.86. The van der Waals surface area contributed by atoms with Crippen LogP contribution in [-0.4, -0.2) is 28.9 Å². The van der Waals surface area contributed by atoms with Crippen LogP contribution in [0.2, 0.25) is 0 Å². The van der Waals surface area contributed by atoms with Crippen molar-refractivity contribution in [2.75, 3.05) is 18.4 Å². The fourth-order valence-corrected chi connectivity index (χ4v) is 2.86. The molecule has 1 N–H and O–H groups in total. The van der Waals surface area contributed by atoms with Gasteiger partial charge in [0, 0.05) is 30.5 Å². The second kappa shape index (κ2) is 8.48. The number of carbonyl (C=O) groups excluding carboxylic acids is 1. The highest BCUT2D eigenvalue weighted by Gasteiger charge is 2.14. The first-order valence-electron chi connectivity index (χ1n) is 8.64. The summed E-state index contributed by atoms with van der Waals surface area (Å²) in [6, 6.07) is 9.89. The molecule has 0 spiro atoms. The van der Waals surface area contributed by atoms with Gasteiger partial charge < -0.3 is 10.2 Å². The molecule has 0 atom stereocenters. The molecular weight excluding hydrogens is 298 g/mol. The highest BCUT2D eigenvalue weighted by atomic mass is 16.2. The summed E-state index contributed by atoms with van der Waals surface area (Å²) in [4.78, 5) is 19.0. The van der Waals surface area contributed by atoms with E-state index in [9.17, 15) is 4.79 Å². The van der Waals surface area contributed by atoms with Gasteiger partial charge >= 0.3 is 0 Å². The van der Waals surface area contributed by atoms with Crippen molar-refractivity contribution >= 4 is 17.4 Å². The van der Waals surface area contributed by atoms with Crippen molar-refractivity contribution in [3.63, 3.8) is 0 Å². The molecule has 1 amide bonds. The second-order valence-corrected chi connectivity index (χ2v) is 6.22. The van der Waals surface area contributed by atoms with E-state index < -0.39 is 0 Å². The summed E-state index contributed by atoms with van der Waals surface area (Å²) < 4.78 is 0. The number of hydrogen-bond acceptors (Lipinski definition) is 3. The maximum atomic E-state index is 12.7. The van der Waals surface area contributed by atoms with Gasteiger partial charge in [-0.2, -0.15) is 0 Å². The monoisotopic (exact) mass is 325 g/mol. The number of anilines is 2. The van der Waals surface area contributed by atoms with Crippen molar-refractivity contribution in [1.29, 1.82) is 0 Å². The Balaban J connectivity index is 2.20. The number of nitrogens with one attached hydrogen (secondary N) is 1. The number of rotatable bonds is 7. The average Bonchev–Trinajstić information content (AvgIpc) is 2.53. The summed E-state index contributed by atoms with van der Waals surface area (Å²) in [5, 5.41) is 3.30. The van der Waals surface area contributed by atoms with Gasteiger partial charge in [-0.1, -0.05) is 19.9 Å². The molecule has 0 radical (unpaired) electrons. The number of aryl methyl sites for hydroxylation is 2. The minimum absolute atomic E-state index is 0.0737. The first-order valence-corrected chi connectivity index (χ1v) is 8.64. The molecule has 1 heterocycles. The third-order valence-corrected chi connectivity index (χ3v) is 3.78. The van der Waals surface area contributed by atoms with Gasteiger partial charge in [0.25, 0.3) is 5.91 Å². The van der Waals surface area contributed by atoms with Gasteiger partial charge in [-0.3, -0.25) is 4.79 Å². The number of aromatic nitrogens is 1. The molecule has 0 aliphatic carbocycles. The highest BCUT2D eigenvalue weighted by Crippen LogP contribution is 2.19. The third-order valence-electron chi connectivity index (χ3n) is 3.78. The summed E-state index contributed by atoms with van der Waals surface area (Å²) >= 11 is 0. The highest BCUT2D eigenvalue weighted by molar-refractivity contribution is 5.95. The van der Waals surface area contributed by atoms with E-state index >= 15 is 0 Å². The zero-order valence-corrected chi connectivity index (χ0v) is 15.1. The quantitative estimate of drug-likeness (QED) is 0.802. The van der Waals surface area contributed by atoms with Crippen LogP contribution in [0.1, 0.15) is 48.2 Å². The van der Waals surface area contributed by atoms with Crippen LogP contribution >= 0.6 is 0 Å². The average molecular weight is 325 g/mol. The molecule has 24 heavy (non-hydrogen) atoms. The molecule has 4 heteroatoms. The predicted molar refractivity (Wildman–Crippen MR) is 99.9 cm³/mol. The summed E-state index contributed by atoms with van der Waals surface area (Å²) in [5.41, 5.74) is 4.06. The molecule has 0 aliphatic rings. The van der Waals surface area contributed by atoms with E-state index in [1.165, 1.54) is 11.1 Å². The zero-order valence-electron chi connectivity index (χ0n) is 15.1. The number of pyridine rings is 1. The van der Waals surface area contributed by atoms with Gasteiger partial charge in [-0.25, -0.2) is 4.98 Å². The van der Waals surface area contributed by atoms with Crippen LogP contribution in [0.15, 0.2) is 36.5 Å². The first kappa shape index (κ1) is 18.0. The Labute approximate surface area is 144 Å². The van der Waals surface area contributed by atoms with Crippen LogP contribution in [0.5, 0.6) is 0 Å². The van der Waals surface area contributed by atoms with Crippen LogP contribution in [0, 0.1) is 13.8 Å². The summed E-state index contributed by atoms with van der Waals surface area (Å²) in [6.45, 7) is 9.90. The smallest absolute Gasteiger partial charge is 0.254 e. The topological polar surface area (TPSA) is 45.2 Å². The molecule has 0 unspecified atom stereocenters. The summed E-state index contributed by atoms with van der Waals surface area (Å²) in [7, 11) is 0. The maximum absolute atomic E-state index is 12.7. The lowest BCUT2D eigenvalue weighted by Crippen LogP contribution is -2.32. The molecule has 0 fully saturated rings. The van der Waals surface area contributed by atoms with Gasteiger partial charge in [0.2, 0.25) is 0 Å². The largest absolute Gasteiger partial charge is 0.340 e. The third kappa shape index (κ3) is 4.82.